The molecule has 0 spiro atoms. The van der Waals surface area contributed by atoms with Crippen molar-refractivity contribution in [3.8, 4) is 0 Å². The maximum atomic E-state index is 5.95. The normalized spacial score (nSPS) is 14.6. The van der Waals surface area contributed by atoms with Gasteiger partial charge in [-0.1, -0.05) is 6.92 Å². The molecule has 1 aliphatic rings. The van der Waals surface area contributed by atoms with Gasteiger partial charge in [0.2, 0.25) is 0 Å². The summed E-state index contributed by atoms with van der Waals surface area (Å²) in [5.41, 5.74) is 10.5. The summed E-state index contributed by atoms with van der Waals surface area (Å²) in [6, 6.07) is 0. The molecule has 4 heteroatoms. The summed E-state index contributed by atoms with van der Waals surface area (Å²) >= 11 is 0. The van der Waals surface area contributed by atoms with Crippen LogP contribution in [0.25, 0.3) is 11.0 Å². The first kappa shape index (κ1) is 9.63. The van der Waals surface area contributed by atoms with Gasteiger partial charge in [0.25, 0.3) is 0 Å². The topological polar surface area (TPSA) is 56.7 Å². The van der Waals surface area contributed by atoms with Crippen LogP contribution in [0.3, 0.4) is 0 Å². The Morgan fingerprint density at radius 2 is 2.19 bits per heavy atom. The monoisotopic (exact) mass is 216 g/mol. The standard InChI is InChI=1S/C12H16N4/c1-3-9-15-10-11-8(5-4-6-16(9)11)7(2)14-12(10)13/h3-6H2,1-2H3,(H2,13,14). The highest BCUT2D eigenvalue weighted by atomic mass is 15.1. The molecule has 0 aliphatic carbocycles. The zero-order chi connectivity index (χ0) is 11.3. The van der Waals surface area contributed by atoms with Gasteiger partial charge >= 0.3 is 0 Å². The predicted octanol–water partition coefficient (Wildman–Crippen LogP) is 1.83. The summed E-state index contributed by atoms with van der Waals surface area (Å²) in [4.78, 5) is 9.02. The minimum absolute atomic E-state index is 0.576. The maximum Gasteiger partial charge on any atom is 0.151 e. The fraction of sp³-hybridized carbons (Fsp3) is 0.500. The molecule has 0 aromatic carbocycles. The van der Waals surface area contributed by atoms with Crippen LogP contribution in [0, 0.1) is 6.92 Å². The van der Waals surface area contributed by atoms with E-state index in [1.165, 1.54) is 17.5 Å². The van der Waals surface area contributed by atoms with Crippen molar-refractivity contribution < 1.29 is 0 Å². The van der Waals surface area contributed by atoms with Gasteiger partial charge in [0, 0.05) is 18.7 Å². The highest BCUT2D eigenvalue weighted by molar-refractivity contribution is 5.89. The largest absolute Gasteiger partial charge is 0.382 e. The van der Waals surface area contributed by atoms with Crippen LogP contribution >= 0.6 is 0 Å². The van der Waals surface area contributed by atoms with Gasteiger partial charge in [-0.3, -0.25) is 0 Å². The molecule has 0 bridgehead atoms. The lowest BCUT2D eigenvalue weighted by Gasteiger charge is -2.18. The van der Waals surface area contributed by atoms with Crippen LogP contribution in [0.1, 0.15) is 30.4 Å². The smallest absolute Gasteiger partial charge is 0.151 e. The fourth-order valence-electron chi connectivity index (χ4n) is 2.68. The van der Waals surface area contributed by atoms with E-state index in [0.717, 1.165) is 36.4 Å². The molecule has 16 heavy (non-hydrogen) atoms. The third kappa shape index (κ3) is 1.10. The maximum absolute atomic E-state index is 5.95. The molecule has 84 valence electrons. The Morgan fingerprint density at radius 3 is 2.94 bits per heavy atom. The lowest BCUT2D eigenvalue weighted by Crippen LogP contribution is -2.12. The van der Waals surface area contributed by atoms with Crippen LogP contribution < -0.4 is 5.73 Å². The van der Waals surface area contributed by atoms with Gasteiger partial charge in [0.15, 0.2) is 5.82 Å². The van der Waals surface area contributed by atoms with Gasteiger partial charge in [-0.25, -0.2) is 9.97 Å². The molecule has 0 amide bonds. The van der Waals surface area contributed by atoms with Crippen molar-refractivity contribution in [2.24, 2.45) is 0 Å². The Bertz CT molecular complexity index is 568. The third-order valence-electron chi connectivity index (χ3n) is 3.42. The van der Waals surface area contributed by atoms with Crippen LogP contribution in [-0.4, -0.2) is 14.5 Å². The lowest BCUT2D eigenvalue weighted by atomic mass is 10.0. The second kappa shape index (κ2) is 3.20. The van der Waals surface area contributed by atoms with Crippen molar-refractivity contribution in [2.75, 3.05) is 5.73 Å². The number of aryl methyl sites for hydroxylation is 4. The van der Waals surface area contributed by atoms with Crippen molar-refractivity contribution in [3.63, 3.8) is 0 Å². The number of nitrogens with two attached hydrogens (primary N) is 1. The highest BCUT2D eigenvalue weighted by Gasteiger charge is 2.21. The van der Waals surface area contributed by atoms with Crippen LogP contribution in [0.2, 0.25) is 0 Å². The quantitative estimate of drug-likeness (QED) is 0.791. The van der Waals surface area contributed by atoms with E-state index in [2.05, 4.69) is 21.5 Å². The highest BCUT2D eigenvalue weighted by Crippen LogP contribution is 2.30. The number of nitrogens with zero attached hydrogens (tertiary/aromatic N) is 3. The number of hydrogen-bond donors (Lipinski definition) is 1. The van der Waals surface area contributed by atoms with Gasteiger partial charge in [-0.2, -0.15) is 0 Å². The Hall–Kier alpha value is -1.58. The van der Waals surface area contributed by atoms with E-state index < -0.39 is 0 Å². The van der Waals surface area contributed by atoms with Crippen LogP contribution in [0.5, 0.6) is 0 Å². The van der Waals surface area contributed by atoms with Crippen LogP contribution in [-0.2, 0) is 19.4 Å². The number of imidazole rings is 1. The van der Waals surface area contributed by atoms with Gasteiger partial charge < -0.3 is 10.3 Å². The zero-order valence-electron chi connectivity index (χ0n) is 9.75. The molecular weight excluding hydrogens is 200 g/mol. The Morgan fingerprint density at radius 1 is 1.38 bits per heavy atom. The predicted molar refractivity (Wildman–Crippen MR) is 64.4 cm³/mol. The molecule has 2 aromatic rings. The van der Waals surface area contributed by atoms with E-state index in [9.17, 15) is 0 Å². The van der Waals surface area contributed by atoms with Gasteiger partial charge in [0.1, 0.15) is 11.3 Å². The van der Waals surface area contributed by atoms with E-state index in [1.807, 2.05) is 6.92 Å². The van der Waals surface area contributed by atoms with Crippen molar-refractivity contribution in [2.45, 2.75) is 39.7 Å². The van der Waals surface area contributed by atoms with Crippen LogP contribution in [0.4, 0.5) is 5.82 Å². The SMILES string of the molecule is CCc1nc2c(N)nc(C)c3c2n1CCC3. The third-order valence-corrected chi connectivity index (χ3v) is 3.42. The van der Waals surface area contributed by atoms with Crippen molar-refractivity contribution in [3.05, 3.63) is 17.1 Å². The molecule has 0 unspecified atom stereocenters. The summed E-state index contributed by atoms with van der Waals surface area (Å²) in [6.07, 6.45) is 3.23. The zero-order valence-corrected chi connectivity index (χ0v) is 9.75. The van der Waals surface area contributed by atoms with Gasteiger partial charge in [-0.15, -0.1) is 0 Å². The van der Waals surface area contributed by atoms with Crippen LogP contribution in [0.15, 0.2) is 0 Å². The molecule has 0 saturated heterocycles. The number of aromatic nitrogens is 3. The Kier molecular flexibility index (Phi) is 1.93. The van der Waals surface area contributed by atoms with E-state index in [-0.39, 0.29) is 0 Å². The molecule has 2 N–H and O–H groups in total. The number of nitrogen functional groups attached to an aromatic ring is 1. The molecular formula is C12H16N4. The molecule has 4 nitrogen and oxygen atoms in total. The first-order valence-electron chi connectivity index (χ1n) is 5.86. The van der Waals surface area contributed by atoms with E-state index >= 15 is 0 Å². The second-order valence-corrected chi connectivity index (χ2v) is 4.39. The molecule has 3 heterocycles. The Balaban J connectivity index is 2.47. The number of hydrogen-bond acceptors (Lipinski definition) is 3. The average molecular weight is 216 g/mol. The second-order valence-electron chi connectivity index (χ2n) is 4.39. The van der Waals surface area contributed by atoms with Crippen molar-refractivity contribution >= 4 is 16.9 Å². The first-order valence-corrected chi connectivity index (χ1v) is 5.86. The fourth-order valence-corrected chi connectivity index (χ4v) is 2.68. The summed E-state index contributed by atoms with van der Waals surface area (Å²) in [7, 11) is 0. The average Bonchev–Trinajstić information content (AvgIpc) is 2.66. The molecule has 0 fully saturated rings. The minimum atomic E-state index is 0.576. The molecule has 3 rings (SSSR count). The number of pyridine rings is 1. The van der Waals surface area contributed by atoms with Gasteiger partial charge in [0.05, 0.1) is 5.52 Å². The van der Waals surface area contributed by atoms with E-state index in [1.54, 1.807) is 0 Å². The molecule has 0 radical (unpaired) electrons. The summed E-state index contributed by atoms with van der Waals surface area (Å²) in [6.45, 7) is 5.24. The number of anilines is 1. The summed E-state index contributed by atoms with van der Waals surface area (Å²) in [5.74, 6) is 1.71. The summed E-state index contributed by atoms with van der Waals surface area (Å²) < 4.78 is 2.32. The Labute approximate surface area is 94.5 Å². The van der Waals surface area contributed by atoms with Crippen molar-refractivity contribution in [1.82, 2.24) is 14.5 Å². The molecule has 1 aliphatic heterocycles. The van der Waals surface area contributed by atoms with Crippen molar-refractivity contribution in [1.29, 1.82) is 0 Å². The minimum Gasteiger partial charge on any atom is -0.382 e. The molecule has 2 aromatic heterocycles. The summed E-state index contributed by atoms with van der Waals surface area (Å²) in [5, 5.41) is 0. The van der Waals surface area contributed by atoms with E-state index in [0.29, 0.717) is 5.82 Å². The molecule has 0 atom stereocenters. The molecule has 0 saturated carbocycles. The lowest BCUT2D eigenvalue weighted by molar-refractivity contribution is 0.604. The van der Waals surface area contributed by atoms with E-state index in [4.69, 9.17) is 5.73 Å². The number of rotatable bonds is 1. The first-order chi connectivity index (χ1) is 7.72. The van der Waals surface area contributed by atoms with Gasteiger partial charge in [-0.05, 0) is 25.3 Å².